The molecule has 10 heteroatoms. The quantitative estimate of drug-likeness (QED) is 0.0949. The van der Waals surface area contributed by atoms with Crippen molar-refractivity contribution in [3.63, 3.8) is 0 Å². The van der Waals surface area contributed by atoms with Gasteiger partial charge in [-0.25, -0.2) is 0 Å². The number of carbonyl (C=O) groups is 2. The van der Waals surface area contributed by atoms with Gasteiger partial charge in [0.1, 0.15) is 17.3 Å². The molecular formula is C35H52O8Si2. The second-order valence-electron chi connectivity index (χ2n) is 13.8. The highest BCUT2D eigenvalue weighted by Gasteiger charge is 2.40. The molecule has 45 heavy (non-hydrogen) atoms. The van der Waals surface area contributed by atoms with Crippen molar-refractivity contribution in [3.8, 4) is 34.5 Å². The summed E-state index contributed by atoms with van der Waals surface area (Å²) in [6, 6.07) is 20.5. The van der Waals surface area contributed by atoms with Crippen LogP contribution in [0.3, 0.4) is 0 Å². The molecule has 3 rings (SSSR count). The molecule has 0 radical (unpaired) electrons. The molecule has 0 atom stereocenters. The monoisotopic (exact) mass is 656 g/mol. The molecule has 0 unspecified atom stereocenters. The fourth-order valence-corrected chi connectivity index (χ4v) is 4.99. The van der Waals surface area contributed by atoms with Crippen molar-refractivity contribution in [2.45, 2.75) is 97.6 Å². The zero-order valence-corrected chi connectivity index (χ0v) is 30.7. The van der Waals surface area contributed by atoms with Crippen LogP contribution in [0.1, 0.15) is 61.3 Å². The van der Waals surface area contributed by atoms with Crippen LogP contribution < -0.4 is 13.6 Å². The molecule has 0 bridgehead atoms. The molecule has 0 fully saturated rings. The van der Waals surface area contributed by atoms with Crippen LogP contribution in [0.5, 0.6) is 34.5 Å². The van der Waals surface area contributed by atoms with Crippen molar-refractivity contribution < 1.29 is 38.5 Å². The lowest BCUT2D eigenvalue weighted by molar-refractivity contribution is -0.136. The summed E-state index contributed by atoms with van der Waals surface area (Å²) in [5.74, 6) is 1.24. The topological polar surface area (TPSA) is 123 Å². The average molecular weight is 657 g/mol. The summed E-state index contributed by atoms with van der Waals surface area (Å²) < 4.78 is 17.6. The summed E-state index contributed by atoms with van der Waals surface area (Å²) in [6.07, 6.45) is 0.286. The number of phenolic OH excluding ortho intramolecular Hbond substituents is 3. The number of phenols is 3. The van der Waals surface area contributed by atoms with Crippen molar-refractivity contribution in [3.05, 3.63) is 72.8 Å². The lowest BCUT2D eigenvalue weighted by atomic mass is 10.2. The highest BCUT2D eigenvalue weighted by Crippen LogP contribution is 2.41. The van der Waals surface area contributed by atoms with Gasteiger partial charge in [-0.15, -0.1) is 0 Å². The number of ether oxygens (including phenoxy) is 1. The third-order valence-corrected chi connectivity index (χ3v) is 16.5. The molecule has 8 nitrogen and oxygen atoms in total. The van der Waals surface area contributed by atoms with Gasteiger partial charge in [0.15, 0.2) is 23.0 Å². The van der Waals surface area contributed by atoms with E-state index < -0.39 is 22.6 Å². The van der Waals surface area contributed by atoms with E-state index in [0.29, 0.717) is 17.2 Å². The predicted molar refractivity (Wildman–Crippen MR) is 186 cm³/mol. The summed E-state index contributed by atoms with van der Waals surface area (Å²) in [4.78, 5) is 22.8. The van der Waals surface area contributed by atoms with Gasteiger partial charge in [-0.05, 0) is 79.6 Å². The van der Waals surface area contributed by atoms with Crippen molar-refractivity contribution in [1.29, 1.82) is 0 Å². The minimum Gasteiger partial charge on any atom is -0.541 e. The third-order valence-electron chi connectivity index (χ3n) is 7.84. The van der Waals surface area contributed by atoms with E-state index in [2.05, 4.69) is 67.7 Å². The first-order chi connectivity index (χ1) is 20.6. The molecule has 0 aliphatic rings. The molecule has 248 valence electrons. The second-order valence-corrected chi connectivity index (χ2v) is 23.3. The maximum absolute atomic E-state index is 11.8. The summed E-state index contributed by atoms with van der Waals surface area (Å²) in [6.45, 7) is 23.1. The number of aromatic hydroxyl groups is 3. The molecule has 0 aliphatic carbocycles. The van der Waals surface area contributed by atoms with E-state index in [4.69, 9.17) is 23.8 Å². The zero-order valence-electron chi connectivity index (χ0n) is 28.7. The summed E-state index contributed by atoms with van der Waals surface area (Å²) in [7, 11) is -3.85. The Morgan fingerprint density at radius 1 is 0.578 bits per heavy atom. The number of carbonyl (C=O) groups excluding carboxylic acids is 2. The van der Waals surface area contributed by atoms with Gasteiger partial charge >= 0.3 is 5.97 Å². The minimum absolute atomic E-state index is 0.0252. The van der Waals surface area contributed by atoms with E-state index in [9.17, 15) is 14.7 Å². The van der Waals surface area contributed by atoms with Gasteiger partial charge < -0.3 is 33.7 Å². The van der Waals surface area contributed by atoms with Crippen LogP contribution in [-0.4, -0.2) is 43.7 Å². The van der Waals surface area contributed by atoms with Gasteiger partial charge in [-0.2, -0.15) is 0 Å². The van der Waals surface area contributed by atoms with Crippen LogP contribution in [0.25, 0.3) is 0 Å². The van der Waals surface area contributed by atoms with Crippen molar-refractivity contribution in [1.82, 2.24) is 0 Å². The Kier molecular flexibility index (Phi) is 14.4. The maximum Gasteiger partial charge on any atom is 0.311 e. The number of ketones is 1. The van der Waals surface area contributed by atoms with Crippen LogP contribution >= 0.6 is 0 Å². The lowest BCUT2D eigenvalue weighted by Crippen LogP contribution is -2.44. The van der Waals surface area contributed by atoms with E-state index in [-0.39, 0.29) is 45.9 Å². The third kappa shape index (κ3) is 13.4. The smallest absolute Gasteiger partial charge is 0.311 e. The molecule has 0 amide bonds. The van der Waals surface area contributed by atoms with Gasteiger partial charge in [0.2, 0.25) is 0 Å². The van der Waals surface area contributed by atoms with Crippen LogP contribution in [0, 0.1) is 0 Å². The number of hydrogen-bond donors (Lipinski definition) is 3. The normalized spacial score (nSPS) is 11.6. The van der Waals surface area contributed by atoms with Gasteiger partial charge in [0.05, 0.1) is 6.42 Å². The lowest BCUT2D eigenvalue weighted by Gasteiger charge is -2.36. The Morgan fingerprint density at radius 2 is 0.933 bits per heavy atom. The fraction of sp³-hybridized carbons (Fsp3) is 0.429. The first-order valence-electron chi connectivity index (χ1n) is 15.0. The van der Waals surface area contributed by atoms with Gasteiger partial charge in [0, 0.05) is 6.42 Å². The predicted octanol–water partition coefficient (Wildman–Crippen LogP) is 9.22. The Labute approximate surface area is 271 Å². The van der Waals surface area contributed by atoms with Crippen molar-refractivity contribution in [2.75, 3.05) is 0 Å². The number of para-hydroxylation sites is 6. The molecular weight excluding hydrogens is 605 g/mol. The Hall–Kier alpha value is -3.77. The summed E-state index contributed by atoms with van der Waals surface area (Å²) in [5, 5.41) is 27.2. The first-order valence-corrected chi connectivity index (χ1v) is 20.8. The second kappa shape index (κ2) is 16.5. The average Bonchev–Trinajstić information content (AvgIpc) is 2.91. The van der Waals surface area contributed by atoms with E-state index in [1.54, 1.807) is 36.4 Å². The molecule has 0 aliphatic heterocycles. The summed E-state index contributed by atoms with van der Waals surface area (Å²) in [5.41, 5.74) is 0. The van der Waals surface area contributed by atoms with Crippen LogP contribution in [0.4, 0.5) is 0 Å². The number of rotatable bonds is 8. The molecule has 0 heterocycles. The van der Waals surface area contributed by atoms with Crippen molar-refractivity contribution >= 4 is 28.4 Å². The number of Topliss-reactive ketones (excluding diaryl/α,β-unsaturated/α-hetero) is 1. The number of benzene rings is 3. The molecule has 3 N–H and O–H groups in total. The van der Waals surface area contributed by atoms with Gasteiger partial charge in [-0.3, -0.25) is 4.79 Å². The zero-order chi connectivity index (χ0) is 34.6. The molecule has 0 saturated heterocycles. The van der Waals surface area contributed by atoms with Crippen molar-refractivity contribution in [2.24, 2.45) is 0 Å². The Morgan fingerprint density at radius 3 is 1.31 bits per heavy atom. The van der Waals surface area contributed by atoms with Gasteiger partial charge in [-0.1, -0.05) is 77.9 Å². The minimum atomic E-state index is -2.01. The van der Waals surface area contributed by atoms with E-state index in [1.807, 2.05) is 24.3 Å². The molecule has 0 saturated carbocycles. The Bertz CT molecular complexity index is 1370. The standard InChI is InChI=1S/C17H26O4Si.C12H20O2Si.C6H6O2/c1-13(18)11-12-16(19)20-14-9-7-8-10-15(14)21-22(5,6)17(2,3)4;1-12(2,3)15(4,5)14-11-9-7-6-8-10(11)13;7-5-3-1-2-4-6(5)8/h7-10H,11-12H2,1-6H3;6-9,13H,1-5H3;1-4,7-8H. The highest BCUT2D eigenvalue weighted by atomic mass is 28.4. The van der Waals surface area contributed by atoms with Crippen LogP contribution in [0.15, 0.2) is 72.8 Å². The van der Waals surface area contributed by atoms with E-state index in [0.717, 1.165) is 0 Å². The first kappa shape index (κ1) is 39.3. The van der Waals surface area contributed by atoms with Crippen LogP contribution in [-0.2, 0) is 9.59 Å². The molecule has 0 aromatic heterocycles. The molecule has 3 aromatic carbocycles. The maximum atomic E-state index is 11.8. The van der Waals surface area contributed by atoms with E-state index >= 15 is 0 Å². The molecule has 3 aromatic rings. The number of hydrogen-bond acceptors (Lipinski definition) is 8. The van der Waals surface area contributed by atoms with Gasteiger partial charge in [0.25, 0.3) is 16.6 Å². The van der Waals surface area contributed by atoms with E-state index in [1.165, 1.54) is 19.1 Å². The SMILES string of the molecule is CC(=O)CCC(=O)Oc1ccccc1O[Si](C)(C)C(C)(C)C.CC(C)(C)[Si](C)(C)Oc1ccccc1O.Oc1ccccc1O. The number of esters is 1. The highest BCUT2D eigenvalue weighted by molar-refractivity contribution is 6.75. The fourth-order valence-electron chi connectivity index (χ4n) is 2.93. The Balaban J connectivity index is 0.000000376. The summed E-state index contributed by atoms with van der Waals surface area (Å²) >= 11 is 0. The largest absolute Gasteiger partial charge is 0.541 e. The molecule has 0 spiro atoms. The van der Waals surface area contributed by atoms with Crippen LogP contribution in [0.2, 0.25) is 36.3 Å².